The van der Waals surface area contributed by atoms with Crippen molar-refractivity contribution in [3.8, 4) is 0 Å². The number of piperazine rings is 1. The molecule has 2 saturated heterocycles. The van der Waals surface area contributed by atoms with Crippen molar-refractivity contribution in [2.45, 2.75) is 30.7 Å². The van der Waals surface area contributed by atoms with E-state index in [0.717, 1.165) is 37.3 Å². The van der Waals surface area contributed by atoms with Crippen LogP contribution in [0.5, 0.6) is 0 Å². The number of aromatic nitrogens is 1. The zero-order valence-corrected chi connectivity index (χ0v) is 19.5. The molecule has 2 fully saturated rings. The number of nitrogens with zero attached hydrogens (tertiary/aromatic N) is 4. The van der Waals surface area contributed by atoms with E-state index in [9.17, 15) is 13.2 Å². The summed E-state index contributed by atoms with van der Waals surface area (Å²) in [6.07, 6.45) is 5.35. The summed E-state index contributed by atoms with van der Waals surface area (Å²) in [6.45, 7) is 3.55. The van der Waals surface area contributed by atoms with Gasteiger partial charge in [-0.15, -0.1) is 0 Å². The molecule has 32 heavy (non-hydrogen) atoms. The first-order chi connectivity index (χ1) is 15.4. The maximum absolute atomic E-state index is 12.8. The Labute approximate surface area is 194 Å². The number of sulfonamides is 1. The number of rotatable bonds is 5. The van der Waals surface area contributed by atoms with Crippen LogP contribution in [0.15, 0.2) is 47.5 Å². The molecule has 2 aliphatic rings. The Morgan fingerprint density at radius 3 is 2.34 bits per heavy atom. The molecule has 0 saturated carbocycles. The van der Waals surface area contributed by atoms with Crippen molar-refractivity contribution in [1.82, 2.24) is 19.5 Å². The van der Waals surface area contributed by atoms with Crippen LogP contribution >= 0.6 is 11.6 Å². The maximum atomic E-state index is 12.8. The predicted molar refractivity (Wildman–Crippen MR) is 124 cm³/mol. The van der Waals surface area contributed by atoms with E-state index in [2.05, 4.69) is 15.2 Å². The summed E-state index contributed by atoms with van der Waals surface area (Å²) < 4.78 is 27.1. The molecule has 1 N–H and O–H groups in total. The van der Waals surface area contributed by atoms with E-state index in [4.69, 9.17) is 11.6 Å². The van der Waals surface area contributed by atoms with E-state index >= 15 is 0 Å². The lowest BCUT2D eigenvalue weighted by Gasteiger charge is -2.34. The molecule has 172 valence electrons. The monoisotopic (exact) mass is 477 g/mol. The minimum Gasteiger partial charge on any atom is -0.356 e. The van der Waals surface area contributed by atoms with Gasteiger partial charge in [-0.05, 0) is 49.6 Å². The molecule has 1 aromatic heterocycles. The number of piperidine rings is 1. The van der Waals surface area contributed by atoms with Gasteiger partial charge in [-0.2, -0.15) is 4.31 Å². The van der Waals surface area contributed by atoms with Crippen molar-refractivity contribution in [2.75, 3.05) is 44.2 Å². The Morgan fingerprint density at radius 1 is 0.969 bits per heavy atom. The Hall–Kier alpha value is -2.36. The summed E-state index contributed by atoms with van der Waals surface area (Å²) in [7, 11) is -3.60. The van der Waals surface area contributed by atoms with Gasteiger partial charge in [0.15, 0.2) is 0 Å². The summed E-state index contributed by atoms with van der Waals surface area (Å²) in [5, 5.41) is 3.47. The standard InChI is InChI=1S/C22H28ClN5O3S/c23-19-6-8-20(9-7-19)32(30,31)28-15-13-27(14-16-28)22(29)25-17-18-5-4-10-24-21(18)26-11-2-1-3-12-26/h4-10H,1-3,11-17H2,(H,25,29). The summed E-state index contributed by atoms with van der Waals surface area (Å²) in [5.41, 5.74) is 0.992. The van der Waals surface area contributed by atoms with Crippen LogP contribution in [-0.2, 0) is 16.6 Å². The highest BCUT2D eigenvalue weighted by Crippen LogP contribution is 2.22. The highest BCUT2D eigenvalue weighted by Gasteiger charge is 2.30. The Bertz CT molecular complexity index is 1030. The second-order valence-corrected chi connectivity index (χ2v) is 10.4. The minimum atomic E-state index is -3.60. The molecule has 2 aliphatic heterocycles. The van der Waals surface area contributed by atoms with Crippen molar-refractivity contribution in [2.24, 2.45) is 0 Å². The lowest BCUT2D eigenvalue weighted by atomic mass is 10.1. The van der Waals surface area contributed by atoms with Gasteiger partial charge >= 0.3 is 6.03 Å². The smallest absolute Gasteiger partial charge is 0.317 e. The molecule has 0 bridgehead atoms. The fourth-order valence-electron chi connectivity index (χ4n) is 4.13. The third-order valence-electron chi connectivity index (χ3n) is 5.93. The molecule has 10 heteroatoms. The van der Waals surface area contributed by atoms with Crippen molar-refractivity contribution >= 4 is 33.5 Å². The number of hydrogen-bond donors (Lipinski definition) is 1. The number of nitrogens with one attached hydrogen (secondary N) is 1. The number of urea groups is 1. The van der Waals surface area contributed by atoms with E-state index in [0.29, 0.717) is 24.7 Å². The molecule has 2 amide bonds. The Morgan fingerprint density at radius 2 is 1.66 bits per heavy atom. The van der Waals surface area contributed by atoms with Crippen molar-refractivity contribution in [3.63, 3.8) is 0 Å². The van der Waals surface area contributed by atoms with Crippen LogP contribution < -0.4 is 10.2 Å². The fraction of sp³-hybridized carbons (Fsp3) is 0.455. The Balaban J connectivity index is 1.32. The van der Waals surface area contributed by atoms with Crippen molar-refractivity contribution in [3.05, 3.63) is 53.2 Å². The summed E-state index contributed by atoms with van der Waals surface area (Å²) in [5.74, 6) is 0.936. The molecule has 1 aromatic carbocycles. The molecule has 0 radical (unpaired) electrons. The maximum Gasteiger partial charge on any atom is 0.317 e. The van der Waals surface area contributed by atoms with Gasteiger partial charge in [0.2, 0.25) is 10.0 Å². The average molecular weight is 478 g/mol. The van der Waals surface area contributed by atoms with Crippen LogP contribution in [-0.4, -0.2) is 67.9 Å². The van der Waals surface area contributed by atoms with Gasteiger partial charge in [0, 0.05) is 62.6 Å². The highest BCUT2D eigenvalue weighted by molar-refractivity contribution is 7.89. The number of pyridine rings is 1. The third kappa shape index (κ3) is 5.16. The normalized spacial score (nSPS) is 17.9. The predicted octanol–water partition coefficient (Wildman–Crippen LogP) is 2.94. The lowest BCUT2D eigenvalue weighted by molar-refractivity contribution is 0.172. The molecule has 2 aromatic rings. The van der Waals surface area contributed by atoms with Gasteiger partial charge in [0.25, 0.3) is 0 Å². The number of hydrogen-bond acceptors (Lipinski definition) is 5. The van der Waals surface area contributed by atoms with Gasteiger partial charge < -0.3 is 15.1 Å². The van der Waals surface area contributed by atoms with Crippen LogP contribution in [0.4, 0.5) is 10.6 Å². The molecule has 0 spiro atoms. The largest absolute Gasteiger partial charge is 0.356 e. The van der Waals surface area contributed by atoms with Gasteiger partial charge in [0.1, 0.15) is 5.82 Å². The van der Waals surface area contributed by atoms with Gasteiger partial charge in [-0.3, -0.25) is 0 Å². The van der Waals surface area contributed by atoms with Gasteiger partial charge in [-0.1, -0.05) is 17.7 Å². The molecule has 4 rings (SSSR count). The number of amides is 2. The highest BCUT2D eigenvalue weighted by atomic mass is 35.5. The van der Waals surface area contributed by atoms with E-state index in [1.54, 1.807) is 23.2 Å². The quantitative estimate of drug-likeness (QED) is 0.715. The van der Waals surface area contributed by atoms with Crippen molar-refractivity contribution in [1.29, 1.82) is 0 Å². The Kier molecular flexibility index (Phi) is 7.17. The second-order valence-electron chi connectivity index (χ2n) is 8.04. The fourth-order valence-corrected chi connectivity index (χ4v) is 5.68. The SMILES string of the molecule is O=C(NCc1cccnc1N1CCCCC1)N1CCN(S(=O)(=O)c2ccc(Cl)cc2)CC1. The zero-order valence-electron chi connectivity index (χ0n) is 17.9. The molecule has 0 aliphatic carbocycles. The zero-order chi connectivity index (χ0) is 22.6. The second kappa shape index (κ2) is 10.1. The van der Waals surface area contributed by atoms with Gasteiger partial charge in [0.05, 0.1) is 4.90 Å². The molecule has 0 unspecified atom stereocenters. The van der Waals surface area contributed by atoms with E-state index in [1.165, 1.54) is 22.9 Å². The molecule has 3 heterocycles. The van der Waals surface area contributed by atoms with Crippen LogP contribution in [0.3, 0.4) is 0 Å². The summed E-state index contributed by atoms with van der Waals surface area (Å²) >= 11 is 5.86. The number of anilines is 1. The first-order valence-corrected chi connectivity index (χ1v) is 12.7. The van der Waals surface area contributed by atoms with Crippen LogP contribution in [0, 0.1) is 0 Å². The number of benzene rings is 1. The van der Waals surface area contributed by atoms with Gasteiger partial charge in [-0.25, -0.2) is 18.2 Å². The van der Waals surface area contributed by atoms with E-state index < -0.39 is 10.0 Å². The first kappa shape index (κ1) is 22.8. The van der Waals surface area contributed by atoms with Crippen LogP contribution in [0.25, 0.3) is 0 Å². The topological polar surface area (TPSA) is 85.8 Å². The molecular formula is C22H28ClN5O3S. The lowest BCUT2D eigenvalue weighted by Crippen LogP contribution is -2.53. The summed E-state index contributed by atoms with van der Waals surface area (Å²) in [6, 6.07) is 9.82. The van der Waals surface area contributed by atoms with Crippen LogP contribution in [0.2, 0.25) is 5.02 Å². The van der Waals surface area contributed by atoms with Crippen molar-refractivity contribution < 1.29 is 13.2 Å². The minimum absolute atomic E-state index is 0.193. The number of carbonyl (C=O) groups is 1. The molecular weight excluding hydrogens is 450 g/mol. The molecule has 0 atom stereocenters. The third-order valence-corrected chi connectivity index (χ3v) is 8.10. The number of halogens is 1. The molecule has 8 nitrogen and oxygen atoms in total. The first-order valence-electron chi connectivity index (χ1n) is 10.9. The average Bonchev–Trinajstić information content (AvgIpc) is 2.83. The number of carbonyl (C=O) groups excluding carboxylic acids is 1. The summed E-state index contributed by atoms with van der Waals surface area (Å²) in [4.78, 5) is 21.4. The van der Waals surface area contributed by atoms with Crippen LogP contribution in [0.1, 0.15) is 24.8 Å². The van der Waals surface area contributed by atoms with E-state index in [-0.39, 0.29) is 24.0 Å². The van der Waals surface area contributed by atoms with E-state index in [1.807, 2.05) is 12.1 Å².